The molecule has 2 N–H and O–H groups in total. The Kier molecular flexibility index (Phi) is 3.59. The van der Waals surface area contributed by atoms with Crippen molar-refractivity contribution in [1.29, 1.82) is 0 Å². The lowest BCUT2D eigenvalue weighted by Gasteiger charge is -2.11. The maximum Gasteiger partial charge on any atom is 0.227 e. The number of nitrogens with zero attached hydrogens (tertiary/aromatic N) is 1. The van der Waals surface area contributed by atoms with Crippen LogP contribution in [-0.2, 0) is 6.54 Å². The Morgan fingerprint density at radius 1 is 1.00 bits per heavy atom. The molecule has 106 valence electrons. The SMILES string of the molecule is Cc1cc(C)cc(Oc2nc(CN)cc3ccccc23)c1. The molecule has 0 bridgehead atoms. The molecule has 3 rings (SSSR count). The van der Waals surface area contributed by atoms with Crippen LogP contribution >= 0.6 is 0 Å². The lowest BCUT2D eigenvalue weighted by molar-refractivity contribution is 0.466. The van der Waals surface area contributed by atoms with Crippen LogP contribution in [0.5, 0.6) is 11.6 Å². The van der Waals surface area contributed by atoms with E-state index in [1.54, 1.807) is 0 Å². The van der Waals surface area contributed by atoms with Crippen molar-refractivity contribution in [3.05, 3.63) is 65.4 Å². The minimum atomic E-state index is 0.397. The van der Waals surface area contributed by atoms with E-state index >= 15 is 0 Å². The molecule has 3 nitrogen and oxygen atoms in total. The highest BCUT2D eigenvalue weighted by atomic mass is 16.5. The summed E-state index contributed by atoms with van der Waals surface area (Å²) in [5.41, 5.74) is 8.90. The number of aromatic nitrogens is 1. The third-order valence-electron chi connectivity index (χ3n) is 3.38. The summed E-state index contributed by atoms with van der Waals surface area (Å²) in [7, 11) is 0. The van der Waals surface area contributed by atoms with Crippen LogP contribution in [0.25, 0.3) is 10.8 Å². The summed E-state index contributed by atoms with van der Waals surface area (Å²) in [5.74, 6) is 1.41. The van der Waals surface area contributed by atoms with Crippen LogP contribution in [0.2, 0.25) is 0 Å². The molecule has 0 aliphatic heterocycles. The van der Waals surface area contributed by atoms with E-state index in [0.717, 1.165) is 22.2 Å². The van der Waals surface area contributed by atoms with Gasteiger partial charge in [0, 0.05) is 11.9 Å². The van der Waals surface area contributed by atoms with Crippen LogP contribution in [-0.4, -0.2) is 4.98 Å². The molecule has 0 radical (unpaired) electrons. The molecule has 3 aromatic rings. The fraction of sp³-hybridized carbons (Fsp3) is 0.167. The van der Waals surface area contributed by atoms with Gasteiger partial charge in [-0.15, -0.1) is 0 Å². The molecule has 21 heavy (non-hydrogen) atoms. The standard InChI is InChI=1S/C18H18N2O/c1-12-7-13(2)9-16(8-12)21-18-17-6-4-3-5-14(17)10-15(11-19)20-18/h3-10H,11,19H2,1-2H3. The van der Waals surface area contributed by atoms with Crippen LogP contribution in [0.15, 0.2) is 48.5 Å². The second-order valence-electron chi connectivity index (χ2n) is 5.27. The van der Waals surface area contributed by atoms with Crippen LogP contribution < -0.4 is 10.5 Å². The molecule has 0 aliphatic rings. The zero-order chi connectivity index (χ0) is 14.8. The Morgan fingerprint density at radius 2 is 1.71 bits per heavy atom. The summed E-state index contributed by atoms with van der Waals surface area (Å²) in [4.78, 5) is 4.53. The molecular formula is C18H18N2O. The van der Waals surface area contributed by atoms with Crippen LogP contribution in [0.4, 0.5) is 0 Å². The lowest BCUT2D eigenvalue weighted by Crippen LogP contribution is -2.01. The second-order valence-corrected chi connectivity index (χ2v) is 5.27. The smallest absolute Gasteiger partial charge is 0.227 e. The van der Waals surface area contributed by atoms with Crippen molar-refractivity contribution in [3.8, 4) is 11.6 Å². The number of hydrogen-bond acceptors (Lipinski definition) is 3. The number of ether oxygens (including phenoxy) is 1. The predicted octanol–water partition coefficient (Wildman–Crippen LogP) is 4.10. The Labute approximate surface area is 124 Å². The molecule has 0 aliphatic carbocycles. The van der Waals surface area contributed by atoms with Crippen molar-refractivity contribution in [2.45, 2.75) is 20.4 Å². The number of aryl methyl sites for hydroxylation is 2. The van der Waals surface area contributed by atoms with Crippen LogP contribution in [0.3, 0.4) is 0 Å². The molecule has 0 spiro atoms. The fourth-order valence-electron chi connectivity index (χ4n) is 2.51. The van der Waals surface area contributed by atoms with Gasteiger partial charge in [0.15, 0.2) is 0 Å². The zero-order valence-electron chi connectivity index (χ0n) is 12.3. The van der Waals surface area contributed by atoms with E-state index < -0.39 is 0 Å². The molecule has 0 amide bonds. The van der Waals surface area contributed by atoms with Gasteiger partial charge in [-0.3, -0.25) is 0 Å². The average molecular weight is 278 g/mol. The van der Waals surface area contributed by atoms with E-state index in [0.29, 0.717) is 12.4 Å². The molecular weight excluding hydrogens is 260 g/mol. The maximum atomic E-state index is 6.03. The minimum absolute atomic E-state index is 0.397. The molecule has 0 saturated carbocycles. The van der Waals surface area contributed by atoms with E-state index in [2.05, 4.69) is 24.9 Å². The molecule has 2 aromatic carbocycles. The van der Waals surface area contributed by atoms with Gasteiger partial charge in [-0.05, 0) is 54.6 Å². The summed E-state index contributed by atoms with van der Waals surface area (Å²) in [5, 5.41) is 2.08. The maximum absolute atomic E-state index is 6.03. The molecule has 0 fully saturated rings. The van der Waals surface area contributed by atoms with Crippen molar-refractivity contribution in [1.82, 2.24) is 4.98 Å². The van der Waals surface area contributed by atoms with Gasteiger partial charge in [-0.1, -0.05) is 24.3 Å². The predicted molar refractivity (Wildman–Crippen MR) is 85.6 cm³/mol. The van der Waals surface area contributed by atoms with Gasteiger partial charge in [0.25, 0.3) is 0 Å². The van der Waals surface area contributed by atoms with Crippen molar-refractivity contribution >= 4 is 10.8 Å². The van der Waals surface area contributed by atoms with Crippen molar-refractivity contribution in [2.75, 3.05) is 0 Å². The summed E-state index contributed by atoms with van der Waals surface area (Å²) in [6.45, 7) is 4.51. The van der Waals surface area contributed by atoms with Gasteiger partial charge in [-0.2, -0.15) is 0 Å². The highest BCUT2D eigenvalue weighted by molar-refractivity contribution is 5.87. The Morgan fingerprint density at radius 3 is 2.43 bits per heavy atom. The second kappa shape index (κ2) is 5.54. The molecule has 0 saturated heterocycles. The Hall–Kier alpha value is -2.39. The van der Waals surface area contributed by atoms with Gasteiger partial charge in [0.1, 0.15) is 5.75 Å². The molecule has 0 atom stereocenters. The molecule has 1 aromatic heterocycles. The Balaban J connectivity index is 2.10. The van der Waals surface area contributed by atoms with Crippen molar-refractivity contribution < 1.29 is 4.74 Å². The number of nitrogens with two attached hydrogens (primary N) is 1. The number of hydrogen-bond donors (Lipinski definition) is 1. The molecule has 1 heterocycles. The van der Waals surface area contributed by atoms with E-state index in [1.807, 2.05) is 42.5 Å². The third kappa shape index (κ3) is 2.88. The first-order valence-electron chi connectivity index (χ1n) is 7.00. The van der Waals surface area contributed by atoms with Gasteiger partial charge >= 0.3 is 0 Å². The topological polar surface area (TPSA) is 48.1 Å². The quantitative estimate of drug-likeness (QED) is 0.784. The fourth-order valence-corrected chi connectivity index (χ4v) is 2.51. The van der Waals surface area contributed by atoms with Gasteiger partial charge < -0.3 is 10.5 Å². The average Bonchev–Trinajstić information content (AvgIpc) is 2.46. The first-order chi connectivity index (χ1) is 10.2. The van der Waals surface area contributed by atoms with E-state index in [4.69, 9.17) is 10.5 Å². The van der Waals surface area contributed by atoms with Crippen molar-refractivity contribution in [2.24, 2.45) is 5.73 Å². The third-order valence-corrected chi connectivity index (χ3v) is 3.38. The van der Waals surface area contributed by atoms with E-state index in [1.165, 1.54) is 11.1 Å². The lowest BCUT2D eigenvalue weighted by atomic mass is 10.1. The van der Waals surface area contributed by atoms with Crippen LogP contribution in [0, 0.1) is 13.8 Å². The summed E-state index contributed by atoms with van der Waals surface area (Å²) >= 11 is 0. The number of fused-ring (bicyclic) bond motifs is 1. The highest BCUT2D eigenvalue weighted by Gasteiger charge is 2.08. The normalized spacial score (nSPS) is 10.8. The summed E-state index contributed by atoms with van der Waals surface area (Å²) in [6, 6.07) is 16.2. The van der Waals surface area contributed by atoms with E-state index in [9.17, 15) is 0 Å². The van der Waals surface area contributed by atoms with Gasteiger partial charge in [0.05, 0.1) is 5.69 Å². The minimum Gasteiger partial charge on any atom is -0.438 e. The summed E-state index contributed by atoms with van der Waals surface area (Å²) < 4.78 is 6.03. The zero-order valence-corrected chi connectivity index (χ0v) is 12.3. The first-order valence-corrected chi connectivity index (χ1v) is 7.00. The summed E-state index contributed by atoms with van der Waals surface area (Å²) in [6.07, 6.45) is 0. The molecule has 0 unspecified atom stereocenters. The van der Waals surface area contributed by atoms with Gasteiger partial charge in [0.2, 0.25) is 5.88 Å². The van der Waals surface area contributed by atoms with Crippen LogP contribution in [0.1, 0.15) is 16.8 Å². The highest BCUT2D eigenvalue weighted by Crippen LogP contribution is 2.29. The van der Waals surface area contributed by atoms with Gasteiger partial charge in [-0.25, -0.2) is 4.98 Å². The number of rotatable bonds is 3. The Bertz CT molecular complexity index is 776. The number of pyridine rings is 1. The monoisotopic (exact) mass is 278 g/mol. The number of benzene rings is 2. The first kappa shape index (κ1) is 13.6. The van der Waals surface area contributed by atoms with E-state index in [-0.39, 0.29) is 0 Å². The van der Waals surface area contributed by atoms with Crippen molar-refractivity contribution in [3.63, 3.8) is 0 Å². The largest absolute Gasteiger partial charge is 0.438 e. The molecule has 3 heteroatoms.